The number of benzene rings is 1. The van der Waals surface area contributed by atoms with Gasteiger partial charge in [-0.2, -0.15) is 0 Å². The van der Waals surface area contributed by atoms with E-state index >= 15 is 0 Å². The fourth-order valence-electron chi connectivity index (χ4n) is 2.28. The van der Waals surface area contributed by atoms with Crippen LogP contribution in [-0.4, -0.2) is 24.4 Å². The molecule has 1 saturated heterocycles. The Morgan fingerprint density at radius 2 is 2.16 bits per heavy atom. The number of aryl methyl sites for hydroxylation is 1. The van der Waals surface area contributed by atoms with Gasteiger partial charge < -0.3 is 10.2 Å². The van der Waals surface area contributed by atoms with Gasteiger partial charge in [-0.25, -0.2) is 0 Å². The van der Waals surface area contributed by atoms with Crippen LogP contribution in [0.2, 0.25) is 0 Å². The fraction of sp³-hybridized carbons (Fsp3) is 0.429. The summed E-state index contributed by atoms with van der Waals surface area (Å²) in [5, 5.41) is 2.77. The second-order valence-electron chi connectivity index (χ2n) is 4.70. The lowest BCUT2D eigenvalue weighted by atomic mass is 10.1. The molecule has 1 heterocycles. The maximum Gasteiger partial charge on any atom is 0.249 e. The quantitative estimate of drug-likeness (QED) is 0.908. The molecule has 0 radical (unpaired) electrons. The van der Waals surface area contributed by atoms with Crippen LogP contribution in [0.4, 0.5) is 5.69 Å². The van der Waals surface area contributed by atoms with Gasteiger partial charge in [0.1, 0.15) is 6.04 Å². The van der Waals surface area contributed by atoms with Crippen LogP contribution in [0.1, 0.15) is 25.3 Å². The van der Waals surface area contributed by atoms with Crippen molar-refractivity contribution in [2.75, 3.05) is 11.4 Å². The van der Waals surface area contributed by atoms with Gasteiger partial charge >= 0.3 is 0 Å². The van der Waals surface area contributed by atoms with E-state index in [-0.39, 0.29) is 11.8 Å². The zero-order valence-electron chi connectivity index (χ0n) is 11.1. The van der Waals surface area contributed by atoms with E-state index in [1.54, 1.807) is 4.90 Å². The molecule has 1 fully saturated rings. The van der Waals surface area contributed by atoms with Crippen molar-refractivity contribution in [3.8, 4) is 0 Å². The molecule has 19 heavy (non-hydrogen) atoms. The van der Waals surface area contributed by atoms with E-state index in [0.717, 1.165) is 15.7 Å². The average Bonchev–Trinajstić information content (AvgIpc) is 2.50. The van der Waals surface area contributed by atoms with Gasteiger partial charge in [0.05, 0.1) is 0 Å². The van der Waals surface area contributed by atoms with E-state index < -0.39 is 6.04 Å². The van der Waals surface area contributed by atoms with E-state index in [2.05, 4.69) is 21.2 Å². The van der Waals surface area contributed by atoms with Crippen molar-refractivity contribution in [1.82, 2.24) is 5.32 Å². The Hall–Kier alpha value is -1.36. The molecular formula is C14H17BrN2O2. The lowest BCUT2D eigenvalue weighted by molar-refractivity contribution is -0.125. The predicted molar refractivity (Wildman–Crippen MR) is 78.1 cm³/mol. The highest BCUT2D eigenvalue weighted by atomic mass is 79.9. The van der Waals surface area contributed by atoms with E-state index in [9.17, 15) is 9.59 Å². The summed E-state index contributed by atoms with van der Waals surface area (Å²) in [4.78, 5) is 25.8. The molecule has 1 atom stereocenters. The Balaban J connectivity index is 2.36. The van der Waals surface area contributed by atoms with Crippen molar-refractivity contribution in [3.05, 3.63) is 28.2 Å². The molecule has 1 aliphatic rings. The molecule has 0 bridgehead atoms. The monoisotopic (exact) mass is 324 g/mol. The summed E-state index contributed by atoms with van der Waals surface area (Å²) < 4.78 is 0.984. The second kappa shape index (κ2) is 5.74. The first-order chi connectivity index (χ1) is 9.02. The van der Waals surface area contributed by atoms with Crippen LogP contribution >= 0.6 is 15.9 Å². The van der Waals surface area contributed by atoms with Crippen LogP contribution < -0.4 is 10.2 Å². The first kappa shape index (κ1) is 14.1. The molecule has 0 aliphatic carbocycles. The maximum absolute atomic E-state index is 12.5. The summed E-state index contributed by atoms with van der Waals surface area (Å²) in [6, 6.07) is 5.39. The Morgan fingerprint density at radius 3 is 2.79 bits per heavy atom. The maximum atomic E-state index is 12.5. The number of rotatable bonds is 2. The summed E-state index contributed by atoms with van der Waals surface area (Å²) in [6.45, 7) is 4.30. The molecule has 2 rings (SSSR count). The first-order valence-electron chi connectivity index (χ1n) is 6.39. The molecule has 1 aliphatic heterocycles. The summed E-state index contributed by atoms with van der Waals surface area (Å²) >= 11 is 3.42. The number of hydrogen-bond donors (Lipinski definition) is 1. The Morgan fingerprint density at radius 1 is 1.42 bits per heavy atom. The van der Waals surface area contributed by atoms with Gasteiger partial charge in [0, 0.05) is 23.1 Å². The normalized spacial score (nSPS) is 20.2. The summed E-state index contributed by atoms with van der Waals surface area (Å²) in [6.07, 6.45) is 0.953. The van der Waals surface area contributed by atoms with Gasteiger partial charge in [0.25, 0.3) is 0 Å². The van der Waals surface area contributed by atoms with Crippen LogP contribution in [0.25, 0.3) is 0 Å². The number of nitrogens with one attached hydrogen (secondary N) is 1. The molecule has 1 aromatic carbocycles. The van der Waals surface area contributed by atoms with Crippen molar-refractivity contribution in [2.45, 2.75) is 32.7 Å². The molecule has 4 nitrogen and oxygen atoms in total. The molecular weight excluding hydrogens is 308 g/mol. The van der Waals surface area contributed by atoms with Crippen LogP contribution in [0.15, 0.2) is 22.7 Å². The van der Waals surface area contributed by atoms with Crippen molar-refractivity contribution in [2.24, 2.45) is 0 Å². The SMILES string of the molecule is CCC1NC(=O)CCN(c2ccc(Br)cc2C)C1=O. The van der Waals surface area contributed by atoms with E-state index in [1.807, 2.05) is 32.0 Å². The van der Waals surface area contributed by atoms with E-state index in [4.69, 9.17) is 0 Å². The second-order valence-corrected chi connectivity index (χ2v) is 5.61. The highest BCUT2D eigenvalue weighted by Crippen LogP contribution is 2.25. The van der Waals surface area contributed by atoms with Crippen LogP contribution in [-0.2, 0) is 9.59 Å². The van der Waals surface area contributed by atoms with Gasteiger partial charge in [-0.1, -0.05) is 22.9 Å². The van der Waals surface area contributed by atoms with E-state index in [1.165, 1.54) is 0 Å². The minimum absolute atomic E-state index is 0.0289. The third-order valence-electron chi connectivity index (χ3n) is 3.32. The van der Waals surface area contributed by atoms with Crippen LogP contribution in [0.5, 0.6) is 0 Å². The zero-order valence-corrected chi connectivity index (χ0v) is 12.7. The summed E-state index contributed by atoms with van der Waals surface area (Å²) in [7, 11) is 0. The van der Waals surface area contributed by atoms with Crippen LogP contribution in [0.3, 0.4) is 0 Å². The molecule has 102 valence electrons. The Labute approximate surface area is 121 Å². The highest BCUT2D eigenvalue weighted by molar-refractivity contribution is 9.10. The number of amides is 2. The third-order valence-corrected chi connectivity index (χ3v) is 3.81. The standard InChI is InChI=1S/C14H17BrN2O2/c1-3-11-14(19)17(7-6-13(18)16-11)12-5-4-10(15)8-9(12)2/h4-5,8,11H,3,6-7H2,1-2H3,(H,16,18). The summed E-state index contributed by atoms with van der Waals surface area (Å²) in [5.41, 5.74) is 1.90. The molecule has 0 saturated carbocycles. The van der Waals surface area contributed by atoms with Crippen molar-refractivity contribution in [1.29, 1.82) is 0 Å². The number of nitrogens with zero attached hydrogens (tertiary/aromatic N) is 1. The Kier molecular flexibility index (Phi) is 4.24. The van der Waals surface area contributed by atoms with Crippen molar-refractivity contribution in [3.63, 3.8) is 0 Å². The first-order valence-corrected chi connectivity index (χ1v) is 7.19. The van der Waals surface area contributed by atoms with Gasteiger partial charge in [-0.15, -0.1) is 0 Å². The number of anilines is 1. The number of halogens is 1. The minimum Gasteiger partial charge on any atom is -0.344 e. The zero-order chi connectivity index (χ0) is 14.0. The number of carbonyl (C=O) groups excluding carboxylic acids is 2. The summed E-state index contributed by atoms with van der Waals surface area (Å²) in [5.74, 6) is -0.0868. The highest BCUT2D eigenvalue weighted by Gasteiger charge is 2.29. The molecule has 5 heteroatoms. The molecule has 2 amide bonds. The van der Waals surface area contributed by atoms with Crippen molar-refractivity contribution < 1.29 is 9.59 Å². The smallest absolute Gasteiger partial charge is 0.249 e. The Bertz CT molecular complexity index is 516. The molecule has 1 unspecified atom stereocenters. The van der Waals surface area contributed by atoms with Crippen molar-refractivity contribution >= 4 is 33.4 Å². The topological polar surface area (TPSA) is 49.4 Å². The predicted octanol–water partition coefficient (Wildman–Crippen LogP) is 2.39. The third kappa shape index (κ3) is 2.97. The lowest BCUT2D eigenvalue weighted by Gasteiger charge is -2.25. The van der Waals surface area contributed by atoms with Gasteiger partial charge in [-0.3, -0.25) is 9.59 Å². The van der Waals surface area contributed by atoms with Gasteiger partial charge in [0.15, 0.2) is 0 Å². The average molecular weight is 325 g/mol. The van der Waals surface area contributed by atoms with E-state index in [0.29, 0.717) is 19.4 Å². The largest absolute Gasteiger partial charge is 0.344 e. The lowest BCUT2D eigenvalue weighted by Crippen LogP contribution is -2.44. The van der Waals surface area contributed by atoms with Gasteiger partial charge in [-0.05, 0) is 37.1 Å². The van der Waals surface area contributed by atoms with Gasteiger partial charge in [0.2, 0.25) is 11.8 Å². The van der Waals surface area contributed by atoms with Crippen LogP contribution in [0, 0.1) is 6.92 Å². The minimum atomic E-state index is -0.418. The molecule has 1 aromatic rings. The molecule has 1 N–H and O–H groups in total. The molecule has 0 aromatic heterocycles. The number of carbonyl (C=O) groups is 2. The fourth-order valence-corrected chi connectivity index (χ4v) is 2.75. The molecule has 0 spiro atoms. The number of hydrogen-bond acceptors (Lipinski definition) is 2.